The van der Waals surface area contributed by atoms with Gasteiger partial charge < -0.3 is 20.1 Å². The first-order chi connectivity index (χ1) is 9.78. The fraction of sp³-hybridized carbons (Fsp3) is 0.467. The van der Waals surface area contributed by atoms with Crippen LogP contribution in [-0.2, 0) is 0 Å². The molecule has 1 atom stereocenters. The Morgan fingerprint density at radius 1 is 1.35 bits per heavy atom. The van der Waals surface area contributed by atoms with E-state index in [1.807, 2.05) is 24.4 Å². The van der Waals surface area contributed by atoms with E-state index in [0.717, 1.165) is 48.4 Å². The number of benzene rings is 1. The van der Waals surface area contributed by atoms with Crippen LogP contribution < -0.4 is 10.1 Å². The predicted octanol–water partition coefficient (Wildman–Crippen LogP) is 1.12. The summed E-state index contributed by atoms with van der Waals surface area (Å²) in [5.41, 5.74) is 1.97. The maximum atomic E-state index is 10.5. The summed E-state index contributed by atoms with van der Waals surface area (Å²) in [7, 11) is 1.66. The van der Waals surface area contributed by atoms with Crippen LogP contribution in [0.2, 0.25) is 0 Å². The fourth-order valence-corrected chi connectivity index (χ4v) is 2.76. The Labute approximate surface area is 118 Å². The smallest absolute Gasteiger partial charge is 0.119 e. The minimum atomic E-state index is -0.478. The monoisotopic (exact) mass is 275 g/mol. The first-order valence-corrected chi connectivity index (χ1v) is 7.04. The van der Waals surface area contributed by atoms with Crippen molar-refractivity contribution in [2.24, 2.45) is 0 Å². The number of ether oxygens (including phenoxy) is 1. The molecule has 1 aromatic carbocycles. The molecule has 2 heterocycles. The van der Waals surface area contributed by atoms with Gasteiger partial charge in [-0.05, 0) is 18.2 Å². The second-order valence-electron chi connectivity index (χ2n) is 5.22. The second-order valence-corrected chi connectivity index (χ2v) is 5.22. The van der Waals surface area contributed by atoms with Crippen LogP contribution in [0.15, 0.2) is 24.4 Å². The van der Waals surface area contributed by atoms with Crippen LogP contribution >= 0.6 is 0 Å². The number of nitrogens with zero attached hydrogens (tertiary/aromatic N) is 1. The Bertz CT molecular complexity index is 576. The molecule has 0 spiro atoms. The summed E-state index contributed by atoms with van der Waals surface area (Å²) in [6.07, 6.45) is 1.42. The van der Waals surface area contributed by atoms with E-state index in [1.54, 1.807) is 7.11 Å². The van der Waals surface area contributed by atoms with Crippen molar-refractivity contribution in [1.29, 1.82) is 0 Å². The van der Waals surface area contributed by atoms with Crippen molar-refractivity contribution in [2.45, 2.75) is 6.10 Å². The molecule has 108 valence electrons. The molecule has 20 heavy (non-hydrogen) atoms. The van der Waals surface area contributed by atoms with Crippen molar-refractivity contribution in [3.63, 3.8) is 0 Å². The summed E-state index contributed by atoms with van der Waals surface area (Å²) < 4.78 is 5.26. The molecule has 5 heteroatoms. The van der Waals surface area contributed by atoms with Crippen LogP contribution in [0.25, 0.3) is 10.9 Å². The van der Waals surface area contributed by atoms with Crippen molar-refractivity contribution in [3.05, 3.63) is 30.0 Å². The van der Waals surface area contributed by atoms with Crippen molar-refractivity contribution in [1.82, 2.24) is 15.2 Å². The average Bonchev–Trinajstić information content (AvgIpc) is 2.91. The lowest BCUT2D eigenvalue weighted by Gasteiger charge is -2.29. The number of aliphatic hydroxyl groups excluding tert-OH is 1. The number of aromatic amines is 1. The number of rotatable bonds is 4. The van der Waals surface area contributed by atoms with Gasteiger partial charge in [-0.15, -0.1) is 0 Å². The number of nitrogens with one attached hydrogen (secondary N) is 2. The number of β-amino-alcohol motifs (C(OH)–C–C–N with tert-alkyl or cyclic N) is 1. The summed E-state index contributed by atoms with van der Waals surface area (Å²) in [4.78, 5) is 5.50. The first kappa shape index (κ1) is 13.4. The molecule has 1 aliphatic rings. The SMILES string of the molecule is COc1ccc2[nH]cc(C(O)CN3CCNCC3)c2c1. The van der Waals surface area contributed by atoms with Crippen molar-refractivity contribution in [2.75, 3.05) is 39.8 Å². The standard InChI is InChI=1S/C15H21N3O2/c1-20-11-2-3-14-12(8-11)13(9-17-14)15(19)10-18-6-4-16-5-7-18/h2-3,8-9,15-17,19H,4-7,10H2,1H3. The predicted molar refractivity (Wildman–Crippen MR) is 79.1 cm³/mol. The Morgan fingerprint density at radius 3 is 2.90 bits per heavy atom. The Balaban J connectivity index is 1.81. The zero-order valence-corrected chi connectivity index (χ0v) is 11.7. The maximum absolute atomic E-state index is 10.5. The molecule has 0 bridgehead atoms. The second kappa shape index (κ2) is 5.83. The Kier molecular flexibility index (Phi) is 3.91. The molecule has 0 radical (unpaired) electrons. The lowest BCUT2D eigenvalue weighted by Crippen LogP contribution is -2.44. The number of H-pyrrole nitrogens is 1. The van der Waals surface area contributed by atoms with Gasteiger partial charge in [-0.2, -0.15) is 0 Å². The molecular weight excluding hydrogens is 254 g/mol. The van der Waals surface area contributed by atoms with E-state index >= 15 is 0 Å². The molecule has 0 saturated carbocycles. The topological polar surface area (TPSA) is 60.5 Å². The van der Waals surface area contributed by atoms with Gasteiger partial charge in [0.2, 0.25) is 0 Å². The van der Waals surface area contributed by atoms with Crippen LogP contribution in [0.3, 0.4) is 0 Å². The molecule has 5 nitrogen and oxygen atoms in total. The molecule has 2 aromatic rings. The molecule has 1 fully saturated rings. The van der Waals surface area contributed by atoms with Crippen molar-refractivity contribution < 1.29 is 9.84 Å². The normalized spacial score (nSPS) is 18.3. The van der Waals surface area contributed by atoms with E-state index in [9.17, 15) is 5.11 Å². The average molecular weight is 275 g/mol. The summed E-state index contributed by atoms with van der Waals surface area (Å²) in [6.45, 7) is 4.64. The van der Waals surface area contributed by atoms with Crippen molar-refractivity contribution >= 4 is 10.9 Å². The molecule has 1 unspecified atom stereocenters. The van der Waals surface area contributed by atoms with Gasteiger partial charge >= 0.3 is 0 Å². The van der Waals surface area contributed by atoms with Crippen molar-refractivity contribution in [3.8, 4) is 5.75 Å². The fourth-order valence-electron chi connectivity index (χ4n) is 2.76. The molecular formula is C15H21N3O2. The summed E-state index contributed by atoms with van der Waals surface area (Å²) in [6, 6.07) is 5.88. The summed E-state index contributed by atoms with van der Waals surface area (Å²) in [5.74, 6) is 0.813. The van der Waals surface area contributed by atoms with E-state index in [-0.39, 0.29) is 0 Å². The molecule has 0 aliphatic carbocycles. The summed E-state index contributed by atoms with van der Waals surface area (Å²) >= 11 is 0. The van der Waals surface area contributed by atoms with Gasteiger partial charge in [0, 0.05) is 55.4 Å². The highest BCUT2D eigenvalue weighted by molar-refractivity contribution is 5.85. The maximum Gasteiger partial charge on any atom is 0.119 e. The van der Waals surface area contributed by atoms with Crippen LogP contribution in [-0.4, -0.2) is 54.8 Å². The number of piperazine rings is 1. The number of hydrogen-bond acceptors (Lipinski definition) is 4. The third-order valence-corrected chi connectivity index (χ3v) is 3.92. The molecule has 3 rings (SSSR count). The number of aromatic nitrogens is 1. The molecule has 3 N–H and O–H groups in total. The van der Waals surface area contributed by atoms with Gasteiger partial charge in [-0.1, -0.05) is 0 Å². The van der Waals surface area contributed by atoms with Crippen LogP contribution in [0.5, 0.6) is 5.75 Å². The molecule has 1 aromatic heterocycles. The third-order valence-electron chi connectivity index (χ3n) is 3.92. The number of aliphatic hydroxyl groups is 1. The Hall–Kier alpha value is -1.56. The Morgan fingerprint density at radius 2 is 2.15 bits per heavy atom. The molecule has 1 aliphatic heterocycles. The van der Waals surface area contributed by atoms with Gasteiger partial charge in [-0.25, -0.2) is 0 Å². The van der Waals surface area contributed by atoms with Gasteiger partial charge in [0.05, 0.1) is 13.2 Å². The van der Waals surface area contributed by atoms with Gasteiger partial charge in [0.1, 0.15) is 5.75 Å². The highest BCUT2D eigenvalue weighted by Crippen LogP contribution is 2.28. The minimum Gasteiger partial charge on any atom is -0.497 e. The highest BCUT2D eigenvalue weighted by Gasteiger charge is 2.18. The van der Waals surface area contributed by atoms with Crippen LogP contribution in [0.4, 0.5) is 0 Å². The van der Waals surface area contributed by atoms with Crippen LogP contribution in [0.1, 0.15) is 11.7 Å². The van der Waals surface area contributed by atoms with Gasteiger partial charge in [-0.3, -0.25) is 4.90 Å². The zero-order chi connectivity index (χ0) is 13.9. The van der Waals surface area contributed by atoms with Gasteiger partial charge in [0.15, 0.2) is 0 Å². The lowest BCUT2D eigenvalue weighted by molar-refractivity contribution is 0.106. The molecule has 0 amide bonds. The quantitative estimate of drug-likeness (QED) is 0.782. The zero-order valence-electron chi connectivity index (χ0n) is 11.7. The highest BCUT2D eigenvalue weighted by atomic mass is 16.5. The van der Waals surface area contributed by atoms with Gasteiger partial charge in [0.25, 0.3) is 0 Å². The number of hydrogen-bond donors (Lipinski definition) is 3. The molecule has 1 saturated heterocycles. The van der Waals surface area contributed by atoms with E-state index in [4.69, 9.17) is 4.74 Å². The van der Waals surface area contributed by atoms with E-state index in [1.165, 1.54) is 0 Å². The first-order valence-electron chi connectivity index (χ1n) is 7.04. The number of methoxy groups -OCH3 is 1. The van der Waals surface area contributed by atoms with Crippen LogP contribution in [0, 0.1) is 0 Å². The number of fused-ring (bicyclic) bond motifs is 1. The van der Waals surface area contributed by atoms with E-state index < -0.39 is 6.10 Å². The minimum absolute atomic E-state index is 0.478. The third kappa shape index (κ3) is 2.65. The van der Waals surface area contributed by atoms with E-state index in [0.29, 0.717) is 6.54 Å². The van der Waals surface area contributed by atoms with E-state index in [2.05, 4.69) is 15.2 Å². The summed E-state index contributed by atoms with van der Waals surface area (Å²) in [5, 5.41) is 14.9. The lowest BCUT2D eigenvalue weighted by atomic mass is 10.1. The largest absolute Gasteiger partial charge is 0.497 e.